The Labute approximate surface area is 166 Å². The number of nitrogens with one attached hydrogen (secondary N) is 1. The van der Waals surface area contributed by atoms with Crippen LogP contribution in [0.1, 0.15) is 45.8 Å². The molecule has 150 valence electrons. The van der Waals surface area contributed by atoms with Gasteiger partial charge < -0.3 is 10.6 Å². The number of anilines is 1. The van der Waals surface area contributed by atoms with Crippen LogP contribution in [0.5, 0.6) is 0 Å². The molecule has 28 heavy (non-hydrogen) atoms. The Morgan fingerprint density at radius 1 is 1.14 bits per heavy atom. The Kier molecular flexibility index (Phi) is 6.05. The number of amides is 1. The van der Waals surface area contributed by atoms with Crippen LogP contribution in [-0.4, -0.2) is 38.6 Å². The van der Waals surface area contributed by atoms with E-state index in [9.17, 15) is 13.2 Å². The largest absolute Gasteiger partial charge is 0.339 e. The second-order valence-corrected chi connectivity index (χ2v) is 9.16. The highest BCUT2D eigenvalue weighted by atomic mass is 32.2. The van der Waals surface area contributed by atoms with Crippen molar-refractivity contribution < 1.29 is 13.2 Å². The van der Waals surface area contributed by atoms with Crippen molar-refractivity contribution in [1.29, 1.82) is 0 Å². The molecule has 1 heterocycles. The van der Waals surface area contributed by atoms with Crippen molar-refractivity contribution in [3.8, 4) is 0 Å². The normalized spacial score (nSPS) is 15.5. The number of rotatable bonds is 5. The van der Waals surface area contributed by atoms with Gasteiger partial charge in [0.1, 0.15) is 0 Å². The molecule has 1 fully saturated rings. The molecule has 2 aromatic rings. The maximum atomic E-state index is 12.9. The average Bonchev–Trinajstić information content (AvgIpc) is 2.68. The van der Waals surface area contributed by atoms with E-state index in [1.807, 2.05) is 11.8 Å². The molecule has 1 aliphatic heterocycles. The number of aryl methyl sites for hydroxylation is 1. The first-order chi connectivity index (χ1) is 13.3. The SMILES string of the molecule is Cc1ccc(C(=O)N2CCC(c3ccc(CN)cc3)CC2)cc1NS(C)(=O)=O. The number of hydrogen-bond acceptors (Lipinski definition) is 4. The van der Waals surface area contributed by atoms with Gasteiger partial charge in [0.2, 0.25) is 10.0 Å². The molecule has 0 saturated carbocycles. The third kappa shape index (κ3) is 4.91. The van der Waals surface area contributed by atoms with Crippen LogP contribution >= 0.6 is 0 Å². The number of carbonyl (C=O) groups is 1. The summed E-state index contributed by atoms with van der Waals surface area (Å²) in [4.78, 5) is 14.7. The Morgan fingerprint density at radius 2 is 1.79 bits per heavy atom. The molecule has 1 saturated heterocycles. The summed E-state index contributed by atoms with van der Waals surface area (Å²) in [6.45, 7) is 3.72. The molecule has 6 nitrogen and oxygen atoms in total. The van der Waals surface area contributed by atoms with Gasteiger partial charge in [-0.05, 0) is 54.5 Å². The molecule has 3 N–H and O–H groups in total. The number of nitrogens with two attached hydrogens (primary N) is 1. The maximum absolute atomic E-state index is 12.9. The third-order valence-corrected chi connectivity index (χ3v) is 5.84. The Hall–Kier alpha value is -2.38. The van der Waals surface area contributed by atoms with Crippen molar-refractivity contribution in [2.24, 2.45) is 5.73 Å². The molecule has 0 radical (unpaired) electrons. The molecule has 0 aliphatic carbocycles. The summed E-state index contributed by atoms with van der Waals surface area (Å²) < 4.78 is 25.5. The predicted octanol–water partition coefficient (Wildman–Crippen LogP) is 2.85. The highest BCUT2D eigenvalue weighted by Crippen LogP contribution is 2.29. The van der Waals surface area contributed by atoms with E-state index in [-0.39, 0.29) is 5.91 Å². The minimum Gasteiger partial charge on any atom is -0.339 e. The second kappa shape index (κ2) is 8.32. The zero-order valence-corrected chi connectivity index (χ0v) is 17.1. The van der Waals surface area contributed by atoms with Crippen molar-refractivity contribution in [3.05, 3.63) is 64.7 Å². The molecule has 2 aromatic carbocycles. The number of nitrogens with zero attached hydrogens (tertiary/aromatic N) is 1. The Balaban J connectivity index is 1.67. The maximum Gasteiger partial charge on any atom is 0.253 e. The van der Waals surface area contributed by atoms with E-state index in [1.54, 1.807) is 18.2 Å². The van der Waals surface area contributed by atoms with Gasteiger partial charge in [0.15, 0.2) is 0 Å². The minimum absolute atomic E-state index is 0.0616. The van der Waals surface area contributed by atoms with E-state index in [2.05, 4.69) is 29.0 Å². The first-order valence-corrected chi connectivity index (χ1v) is 11.3. The molecule has 3 rings (SSSR count). The topological polar surface area (TPSA) is 92.5 Å². The number of piperidine rings is 1. The van der Waals surface area contributed by atoms with Gasteiger partial charge in [-0.25, -0.2) is 8.42 Å². The zero-order valence-electron chi connectivity index (χ0n) is 16.3. The second-order valence-electron chi connectivity index (χ2n) is 7.42. The summed E-state index contributed by atoms with van der Waals surface area (Å²) in [5.41, 5.74) is 9.80. The molecular weight excluding hydrogens is 374 g/mol. The molecule has 0 bridgehead atoms. The van der Waals surface area contributed by atoms with Crippen LogP contribution in [0.3, 0.4) is 0 Å². The lowest BCUT2D eigenvalue weighted by Gasteiger charge is -2.32. The Bertz CT molecular complexity index is 947. The summed E-state index contributed by atoms with van der Waals surface area (Å²) >= 11 is 0. The van der Waals surface area contributed by atoms with Crippen LogP contribution in [0.2, 0.25) is 0 Å². The summed E-state index contributed by atoms with van der Waals surface area (Å²) in [6.07, 6.45) is 2.92. The van der Waals surface area contributed by atoms with Gasteiger partial charge >= 0.3 is 0 Å². The standard InChI is InChI=1S/C21H27N3O3S/c1-15-3-6-19(13-20(15)23-28(2,26)27)21(25)24-11-9-18(10-12-24)17-7-4-16(14-22)5-8-17/h3-8,13,18,23H,9-12,14,22H2,1-2H3. The number of hydrogen-bond donors (Lipinski definition) is 2. The highest BCUT2D eigenvalue weighted by molar-refractivity contribution is 7.92. The van der Waals surface area contributed by atoms with Gasteiger partial charge in [-0.15, -0.1) is 0 Å². The fourth-order valence-corrected chi connectivity index (χ4v) is 4.21. The fourth-order valence-electron chi connectivity index (χ4n) is 3.59. The van der Waals surface area contributed by atoms with Crippen LogP contribution in [0, 0.1) is 6.92 Å². The molecular formula is C21H27N3O3S. The smallest absolute Gasteiger partial charge is 0.253 e. The van der Waals surface area contributed by atoms with Crippen molar-refractivity contribution >= 4 is 21.6 Å². The summed E-state index contributed by atoms with van der Waals surface area (Å²) in [7, 11) is -3.39. The van der Waals surface area contributed by atoms with E-state index in [0.717, 1.165) is 30.2 Å². The van der Waals surface area contributed by atoms with E-state index in [0.29, 0.717) is 36.8 Å². The van der Waals surface area contributed by atoms with Crippen LogP contribution in [0.15, 0.2) is 42.5 Å². The van der Waals surface area contributed by atoms with E-state index in [4.69, 9.17) is 5.73 Å². The molecule has 0 aromatic heterocycles. The molecule has 1 aliphatic rings. The number of sulfonamides is 1. The lowest BCUT2D eigenvalue weighted by atomic mass is 9.88. The summed E-state index contributed by atoms with van der Waals surface area (Å²) in [6, 6.07) is 13.5. The van der Waals surface area contributed by atoms with Crippen molar-refractivity contribution in [2.75, 3.05) is 24.1 Å². The van der Waals surface area contributed by atoms with Gasteiger partial charge in [0.25, 0.3) is 5.91 Å². The predicted molar refractivity (Wildman–Crippen MR) is 112 cm³/mol. The number of benzene rings is 2. The first kappa shape index (κ1) is 20.4. The van der Waals surface area contributed by atoms with Gasteiger partial charge in [-0.3, -0.25) is 9.52 Å². The van der Waals surface area contributed by atoms with Crippen LogP contribution < -0.4 is 10.5 Å². The highest BCUT2D eigenvalue weighted by Gasteiger charge is 2.25. The van der Waals surface area contributed by atoms with Gasteiger partial charge in [-0.2, -0.15) is 0 Å². The van der Waals surface area contributed by atoms with Crippen LogP contribution in [-0.2, 0) is 16.6 Å². The lowest BCUT2D eigenvalue weighted by molar-refractivity contribution is 0.0713. The van der Waals surface area contributed by atoms with E-state index in [1.165, 1.54) is 5.56 Å². The van der Waals surface area contributed by atoms with Crippen molar-refractivity contribution in [2.45, 2.75) is 32.2 Å². The van der Waals surface area contributed by atoms with E-state index < -0.39 is 10.0 Å². The fraction of sp³-hybridized carbons (Fsp3) is 0.381. The van der Waals surface area contributed by atoms with Crippen LogP contribution in [0.4, 0.5) is 5.69 Å². The lowest BCUT2D eigenvalue weighted by Crippen LogP contribution is -2.38. The molecule has 0 unspecified atom stereocenters. The summed E-state index contributed by atoms with van der Waals surface area (Å²) in [5, 5.41) is 0. The molecule has 1 amide bonds. The average molecular weight is 402 g/mol. The quantitative estimate of drug-likeness (QED) is 0.806. The molecule has 0 spiro atoms. The van der Waals surface area contributed by atoms with Gasteiger partial charge in [-0.1, -0.05) is 30.3 Å². The number of carbonyl (C=O) groups excluding carboxylic acids is 1. The van der Waals surface area contributed by atoms with Crippen LogP contribution in [0.25, 0.3) is 0 Å². The third-order valence-electron chi connectivity index (χ3n) is 5.25. The van der Waals surface area contributed by atoms with Crippen molar-refractivity contribution in [1.82, 2.24) is 4.90 Å². The van der Waals surface area contributed by atoms with E-state index >= 15 is 0 Å². The van der Waals surface area contributed by atoms with Gasteiger partial charge in [0, 0.05) is 25.2 Å². The molecule has 0 atom stereocenters. The molecule has 7 heteroatoms. The summed E-state index contributed by atoms with van der Waals surface area (Å²) in [5.74, 6) is 0.379. The van der Waals surface area contributed by atoms with Crippen molar-refractivity contribution in [3.63, 3.8) is 0 Å². The van der Waals surface area contributed by atoms with Gasteiger partial charge in [0.05, 0.1) is 11.9 Å². The number of likely N-dealkylation sites (tertiary alicyclic amines) is 1. The Morgan fingerprint density at radius 3 is 2.36 bits per heavy atom. The monoisotopic (exact) mass is 401 g/mol. The zero-order chi connectivity index (χ0) is 20.3. The first-order valence-electron chi connectivity index (χ1n) is 9.43. The minimum atomic E-state index is -3.39.